The smallest absolute Gasteiger partial charge is 0.328 e. The molecule has 0 aliphatic carbocycles. The van der Waals surface area contributed by atoms with E-state index in [0.29, 0.717) is 6.42 Å². The quantitative estimate of drug-likeness (QED) is 0.0809. The average molecular weight is 559 g/mol. The molecule has 0 aromatic carbocycles. The molecule has 0 aromatic heterocycles. The summed E-state index contributed by atoms with van der Waals surface area (Å²) in [5.41, 5.74) is 0. The number of rotatable bonds is 27. The standard InChI is InChI=1S/C28H50N2O9/c31-21-23(28(38)39)30-25(33)20-19-22(27(36)37)29-24(32)17-15-13-11-9-7-5-3-1-2-4-6-8-10-12-14-16-18-26(34)35/h22-23,31H,1-21H2,(H,29,32)(H,30,33)(H,34,35)(H,36,37)(H,38,39)/t22-,23-/m0/s1. The summed E-state index contributed by atoms with van der Waals surface area (Å²) in [6.45, 7) is -0.776. The first-order chi connectivity index (χ1) is 18.7. The second-order valence-corrected chi connectivity index (χ2v) is 10.2. The summed E-state index contributed by atoms with van der Waals surface area (Å²) in [6, 6.07) is -2.69. The van der Waals surface area contributed by atoms with E-state index < -0.39 is 42.5 Å². The van der Waals surface area contributed by atoms with Crippen molar-refractivity contribution in [2.24, 2.45) is 0 Å². The van der Waals surface area contributed by atoms with Crippen LogP contribution in [0, 0.1) is 0 Å². The van der Waals surface area contributed by atoms with E-state index in [-0.39, 0.29) is 31.6 Å². The highest BCUT2D eigenvalue weighted by atomic mass is 16.4. The molecule has 0 rings (SSSR count). The van der Waals surface area contributed by atoms with E-state index in [1.807, 2.05) is 0 Å². The van der Waals surface area contributed by atoms with Crippen LogP contribution in [0.25, 0.3) is 0 Å². The third kappa shape index (κ3) is 23.0. The van der Waals surface area contributed by atoms with Crippen LogP contribution in [0.2, 0.25) is 0 Å². The van der Waals surface area contributed by atoms with Gasteiger partial charge in [-0.1, -0.05) is 89.9 Å². The highest BCUT2D eigenvalue weighted by Gasteiger charge is 2.23. The Bertz CT molecular complexity index is 715. The summed E-state index contributed by atoms with van der Waals surface area (Å²) in [4.78, 5) is 56.5. The highest BCUT2D eigenvalue weighted by molar-refractivity contribution is 5.86. The summed E-state index contributed by atoms with van der Waals surface area (Å²) in [7, 11) is 0. The van der Waals surface area contributed by atoms with Crippen LogP contribution >= 0.6 is 0 Å². The molecular weight excluding hydrogens is 508 g/mol. The molecule has 226 valence electrons. The van der Waals surface area contributed by atoms with E-state index in [1.165, 1.54) is 57.8 Å². The lowest BCUT2D eigenvalue weighted by Gasteiger charge is -2.16. The molecule has 11 heteroatoms. The number of amides is 2. The fourth-order valence-electron chi connectivity index (χ4n) is 4.29. The van der Waals surface area contributed by atoms with Gasteiger partial charge in [0.1, 0.15) is 12.1 Å². The van der Waals surface area contributed by atoms with Crippen LogP contribution in [-0.2, 0) is 24.0 Å². The monoisotopic (exact) mass is 558 g/mol. The van der Waals surface area contributed by atoms with E-state index in [0.717, 1.165) is 38.5 Å². The molecule has 0 fully saturated rings. The fourth-order valence-corrected chi connectivity index (χ4v) is 4.29. The van der Waals surface area contributed by atoms with Crippen LogP contribution in [0.15, 0.2) is 0 Å². The van der Waals surface area contributed by atoms with Crippen LogP contribution < -0.4 is 10.6 Å². The number of carbonyl (C=O) groups excluding carboxylic acids is 2. The summed E-state index contributed by atoms with van der Waals surface area (Å²) >= 11 is 0. The van der Waals surface area contributed by atoms with E-state index in [1.54, 1.807) is 0 Å². The third-order valence-electron chi connectivity index (χ3n) is 6.65. The van der Waals surface area contributed by atoms with E-state index in [9.17, 15) is 29.1 Å². The van der Waals surface area contributed by atoms with Gasteiger partial charge in [0.25, 0.3) is 0 Å². The van der Waals surface area contributed by atoms with Crippen LogP contribution in [0.3, 0.4) is 0 Å². The Kier molecular flexibility index (Phi) is 22.7. The van der Waals surface area contributed by atoms with Gasteiger partial charge in [0, 0.05) is 19.3 Å². The number of hydrogen-bond acceptors (Lipinski definition) is 6. The minimum absolute atomic E-state index is 0.180. The molecule has 6 N–H and O–H groups in total. The molecule has 2 amide bonds. The Morgan fingerprint density at radius 2 is 0.795 bits per heavy atom. The predicted octanol–water partition coefficient (Wildman–Crippen LogP) is 4.00. The van der Waals surface area contributed by atoms with Crippen molar-refractivity contribution >= 4 is 29.7 Å². The lowest BCUT2D eigenvalue weighted by molar-refractivity contribution is -0.144. The van der Waals surface area contributed by atoms with Crippen LogP contribution in [0.5, 0.6) is 0 Å². The zero-order valence-electron chi connectivity index (χ0n) is 23.3. The molecule has 0 unspecified atom stereocenters. The number of hydrogen-bond donors (Lipinski definition) is 6. The van der Waals surface area contributed by atoms with Gasteiger partial charge in [0.15, 0.2) is 0 Å². The van der Waals surface area contributed by atoms with Gasteiger partial charge in [-0.15, -0.1) is 0 Å². The van der Waals surface area contributed by atoms with Gasteiger partial charge in [-0.3, -0.25) is 14.4 Å². The first-order valence-electron chi connectivity index (χ1n) is 14.5. The second kappa shape index (κ2) is 24.4. The van der Waals surface area contributed by atoms with Crippen molar-refractivity contribution < 1.29 is 44.4 Å². The van der Waals surface area contributed by atoms with Crippen molar-refractivity contribution in [2.45, 2.75) is 141 Å². The number of carboxylic acid groups (broad SMARTS) is 3. The Labute approximate surface area is 232 Å². The molecule has 0 aliphatic rings. The molecule has 0 saturated heterocycles. The van der Waals surface area contributed by atoms with Crippen LogP contribution in [-0.4, -0.2) is 68.8 Å². The number of unbranched alkanes of at least 4 members (excludes halogenated alkanes) is 15. The zero-order chi connectivity index (χ0) is 29.3. The first kappa shape index (κ1) is 36.3. The van der Waals surface area contributed by atoms with E-state index in [2.05, 4.69) is 10.6 Å². The zero-order valence-corrected chi connectivity index (χ0v) is 23.3. The maximum absolute atomic E-state index is 12.1. The Morgan fingerprint density at radius 3 is 1.15 bits per heavy atom. The molecule has 0 aliphatic heterocycles. The molecule has 0 aromatic rings. The molecule has 0 bridgehead atoms. The summed E-state index contributed by atoms with van der Waals surface area (Å²) < 4.78 is 0. The van der Waals surface area contributed by atoms with Crippen LogP contribution in [0.1, 0.15) is 128 Å². The second-order valence-electron chi connectivity index (χ2n) is 10.2. The highest BCUT2D eigenvalue weighted by Crippen LogP contribution is 2.14. The molecule has 39 heavy (non-hydrogen) atoms. The van der Waals surface area contributed by atoms with E-state index >= 15 is 0 Å². The Morgan fingerprint density at radius 1 is 0.462 bits per heavy atom. The van der Waals surface area contributed by atoms with Crippen molar-refractivity contribution in [3.8, 4) is 0 Å². The third-order valence-corrected chi connectivity index (χ3v) is 6.65. The van der Waals surface area contributed by atoms with Crippen molar-refractivity contribution in [3.63, 3.8) is 0 Å². The number of aliphatic carboxylic acids is 3. The molecule has 0 radical (unpaired) electrons. The number of carbonyl (C=O) groups is 5. The van der Waals surface area contributed by atoms with E-state index in [4.69, 9.17) is 15.3 Å². The van der Waals surface area contributed by atoms with Crippen molar-refractivity contribution in [2.75, 3.05) is 6.61 Å². The number of nitrogens with one attached hydrogen (secondary N) is 2. The molecule has 0 spiro atoms. The average Bonchev–Trinajstić information content (AvgIpc) is 2.88. The summed E-state index contributed by atoms with van der Waals surface area (Å²) in [5, 5.41) is 40.1. The SMILES string of the molecule is O=C(O)CCCCCCCCCCCCCCCCCCC(=O)N[C@@H](CCC(=O)N[C@@H](CO)C(=O)O)C(=O)O. The van der Waals surface area contributed by atoms with Gasteiger partial charge in [-0.05, 0) is 19.3 Å². The predicted molar refractivity (Wildman–Crippen MR) is 146 cm³/mol. The van der Waals surface area contributed by atoms with Crippen molar-refractivity contribution in [1.82, 2.24) is 10.6 Å². The maximum atomic E-state index is 12.1. The molecular formula is C28H50N2O9. The molecule has 2 atom stereocenters. The van der Waals surface area contributed by atoms with Crippen molar-refractivity contribution in [3.05, 3.63) is 0 Å². The minimum Gasteiger partial charge on any atom is -0.481 e. The molecule has 11 nitrogen and oxygen atoms in total. The first-order valence-corrected chi connectivity index (χ1v) is 14.5. The maximum Gasteiger partial charge on any atom is 0.328 e. The topological polar surface area (TPSA) is 190 Å². The van der Waals surface area contributed by atoms with Gasteiger partial charge in [-0.2, -0.15) is 0 Å². The van der Waals surface area contributed by atoms with Gasteiger partial charge in [0.2, 0.25) is 11.8 Å². The molecule has 0 heterocycles. The van der Waals surface area contributed by atoms with Gasteiger partial charge in [0.05, 0.1) is 6.61 Å². The lowest BCUT2D eigenvalue weighted by atomic mass is 10.0. The van der Waals surface area contributed by atoms with Gasteiger partial charge >= 0.3 is 17.9 Å². The minimum atomic E-state index is -1.45. The Balaban J connectivity index is 3.67. The lowest BCUT2D eigenvalue weighted by Crippen LogP contribution is -2.45. The molecule has 0 saturated carbocycles. The summed E-state index contributed by atoms with van der Waals surface area (Å²) in [6.07, 6.45) is 17.7. The number of carboxylic acids is 3. The van der Waals surface area contributed by atoms with Crippen molar-refractivity contribution in [1.29, 1.82) is 0 Å². The van der Waals surface area contributed by atoms with Gasteiger partial charge < -0.3 is 31.1 Å². The summed E-state index contributed by atoms with van der Waals surface area (Å²) in [5.74, 6) is -4.47. The normalized spacial score (nSPS) is 12.4. The number of aliphatic hydroxyl groups excluding tert-OH is 1. The fraction of sp³-hybridized carbons (Fsp3) is 0.821. The Hall–Kier alpha value is -2.69. The van der Waals surface area contributed by atoms with Gasteiger partial charge in [-0.25, -0.2) is 9.59 Å². The van der Waals surface area contributed by atoms with Crippen LogP contribution in [0.4, 0.5) is 0 Å². The largest absolute Gasteiger partial charge is 0.481 e. The number of aliphatic hydroxyl groups is 1.